The molecule has 1 aromatic heterocycles. The smallest absolute Gasteiger partial charge is 0.138 e. The lowest BCUT2D eigenvalue weighted by Gasteiger charge is -2.15. The van der Waals surface area contributed by atoms with Gasteiger partial charge in [0.25, 0.3) is 0 Å². The Kier molecular flexibility index (Phi) is 3.59. The average molecular weight is 271 g/mol. The number of likely N-dealkylation sites (tertiary alicyclic amines) is 1. The molecule has 2 atom stereocenters. The Balaban J connectivity index is 1.73. The van der Waals surface area contributed by atoms with Gasteiger partial charge < -0.3 is 10.3 Å². The number of aromatic nitrogens is 1. The van der Waals surface area contributed by atoms with Crippen LogP contribution in [-0.2, 0) is 6.54 Å². The van der Waals surface area contributed by atoms with Crippen LogP contribution in [0.5, 0.6) is 0 Å². The number of nitrogens with two attached hydrogens (primary N) is 1. The summed E-state index contributed by atoms with van der Waals surface area (Å²) in [6, 6.07) is 10.7. The van der Waals surface area contributed by atoms with E-state index in [2.05, 4.69) is 34.3 Å². The van der Waals surface area contributed by atoms with Crippen molar-refractivity contribution < 1.29 is 4.52 Å². The third-order valence-electron chi connectivity index (χ3n) is 4.23. The lowest BCUT2D eigenvalue weighted by Crippen LogP contribution is -2.28. The first-order valence-electron chi connectivity index (χ1n) is 7.10. The van der Waals surface area contributed by atoms with E-state index in [1.807, 2.05) is 19.9 Å². The van der Waals surface area contributed by atoms with E-state index in [9.17, 15) is 0 Å². The summed E-state index contributed by atoms with van der Waals surface area (Å²) in [6.07, 6.45) is 0. The second-order valence-corrected chi connectivity index (χ2v) is 5.68. The van der Waals surface area contributed by atoms with E-state index < -0.39 is 0 Å². The third-order valence-corrected chi connectivity index (χ3v) is 4.23. The highest BCUT2D eigenvalue weighted by molar-refractivity contribution is 5.25. The maximum absolute atomic E-state index is 6.33. The molecule has 1 saturated heterocycles. The Labute approximate surface area is 119 Å². The largest absolute Gasteiger partial charge is 0.361 e. The Morgan fingerprint density at radius 1 is 1.25 bits per heavy atom. The van der Waals surface area contributed by atoms with Gasteiger partial charge in [-0.2, -0.15) is 0 Å². The third kappa shape index (κ3) is 2.49. The van der Waals surface area contributed by atoms with Crippen molar-refractivity contribution in [3.63, 3.8) is 0 Å². The first kappa shape index (κ1) is 13.3. The molecule has 1 fully saturated rings. The minimum absolute atomic E-state index is 0.192. The van der Waals surface area contributed by atoms with Crippen molar-refractivity contribution in [2.45, 2.75) is 32.4 Å². The highest BCUT2D eigenvalue weighted by Gasteiger charge is 2.31. The molecular formula is C16H21N3O. The predicted molar refractivity (Wildman–Crippen MR) is 78.4 cm³/mol. The lowest BCUT2D eigenvalue weighted by molar-refractivity contribution is 0.319. The van der Waals surface area contributed by atoms with Gasteiger partial charge in [0, 0.05) is 37.2 Å². The Bertz CT molecular complexity index is 559. The minimum atomic E-state index is 0.192. The van der Waals surface area contributed by atoms with E-state index in [0.29, 0.717) is 5.92 Å². The highest BCUT2D eigenvalue weighted by atomic mass is 16.5. The van der Waals surface area contributed by atoms with Crippen molar-refractivity contribution in [2.75, 3.05) is 13.1 Å². The second kappa shape index (κ2) is 5.38. The predicted octanol–water partition coefficient (Wildman–Crippen LogP) is 2.22. The molecule has 0 unspecified atom stereocenters. The van der Waals surface area contributed by atoms with E-state index in [-0.39, 0.29) is 6.04 Å². The van der Waals surface area contributed by atoms with Crippen LogP contribution >= 0.6 is 0 Å². The van der Waals surface area contributed by atoms with Gasteiger partial charge in [-0.05, 0) is 19.4 Å². The molecule has 1 aromatic carbocycles. The van der Waals surface area contributed by atoms with Crippen LogP contribution in [0.15, 0.2) is 34.9 Å². The molecule has 106 valence electrons. The van der Waals surface area contributed by atoms with Gasteiger partial charge in [-0.15, -0.1) is 0 Å². The molecule has 1 aliphatic rings. The van der Waals surface area contributed by atoms with Crippen molar-refractivity contribution in [3.05, 3.63) is 52.9 Å². The molecule has 0 spiro atoms. The standard InChI is InChI=1S/C16H21N3O/c1-11-14(12(2)20-18-11)8-19-9-15(16(17)10-19)13-6-4-3-5-7-13/h3-7,15-16H,8-10,17H2,1-2H3/t15-,16+/m0/s1. The zero-order chi connectivity index (χ0) is 14.1. The van der Waals surface area contributed by atoms with Crippen molar-refractivity contribution in [2.24, 2.45) is 5.73 Å². The number of benzene rings is 1. The van der Waals surface area contributed by atoms with Crippen LogP contribution < -0.4 is 5.73 Å². The molecular weight excluding hydrogens is 250 g/mol. The fourth-order valence-corrected chi connectivity index (χ4v) is 3.05. The summed E-state index contributed by atoms with van der Waals surface area (Å²) in [6.45, 7) is 6.76. The van der Waals surface area contributed by atoms with Crippen LogP contribution in [0, 0.1) is 13.8 Å². The Morgan fingerprint density at radius 2 is 2.00 bits per heavy atom. The fourth-order valence-electron chi connectivity index (χ4n) is 3.05. The summed E-state index contributed by atoms with van der Waals surface area (Å²) in [5.41, 5.74) is 9.85. The van der Waals surface area contributed by atoms with Crippen LogP contribution in [0.1, 0.15) is 28.5 Å². The van der Waals surface area contributed by atoms with Crippen LogP contribution in [0.4, 0.5) is 0 Å². The van der Waals surface area contributed by atoms with E-state index in [4.69, 9.17) is 10.3 Å². The monoisotopic (exact) mass is 271 g/mol. The topological polar surface area (TPSA) is 55.3 Å². The van der Waals surface area contributed by atoms with Crippen LogP contribution in [-0.4, -0.2) is 29.2 Å². The van der Waals surface area contributed by atoms with E-state index >= 15 is 0 Å². The zero-order valence-corrected chi connectivity index (χ0v) is 12.0. The van der Waals surface area contributed by atoms with Gasteiger partial charge in [0.2, 0.25) is 0 Å². The second-order valence-electron chi connectivity index (χ2n) is 5.68. The normalized spacial score (nSPS) is 23.4. The zero-order valence-electron chi connectivity index (χ0n) is 12.0. The van der Waals surface area contributed by atoms with Crippen LogP contribution in [0.25, 0.3) is 0 Å². The van der Waals surface area contributed by atoms with E-state index in [0.717, 1.165) is 31.1 Å². The van der Waals surface area contributed by atoms with Gasteiger partial charge in [-0.3, -0.25) is 4.90 Å². The molecule has 0 amide bonds. The molecule has 3 rings (SSSR count). The van der Waals surface area contributed by atoms with Crippen molar-refractivity contribution >= 4 is 0 Å². The maximum atomic E-state index is 6.33. The molecule has 2 N–H and O–H groups in total. The molecule has 0 saturated carbocycles. The Morgan fingerprint density at radius 3 is 2.65 bits per heavy atom. The lowest BCUT2D eigenvalue weighted by atomic mass is 9.95. The minimum Gasteiger partial charge on any atom is -0.361 e. The first-order chi connectivity index (χ1) is 9.65. The van der Waals surface area contributed by atoms with Gasteiger partial charge in [-0.1, -0.05) is 35.5 Å². The molecule has 2 heterocycles. The van der Waals surface area contributed by atoms with Crippen LogP contribution in [0.2, 0.25) is 0 Å². The number of hydrogen-bond acceptors (Lipinski definition) is 4. The van der Waals surface area contributed by atoms with Gasteiger partial charge in [0.1, 0.15) is 5.76 Å². The van der Waals surface area contributed by atoms with E-state index in [1.54, 1.807) is 0 Å². The summed E-state index contributed by atoms with van der Waals surface area (Å²) < 4.78 is 5.24. The quantitative estimate of drug-likeness (QED) is 0.930. The summed E-state index contributed by atoms with van der Waals surface area (Å²) >= 11 is 0. The summed E-state index contributed by atoms with van der Waals surface area (Å²) in [7, 11) is 0. The van der Waals surface area contributed by atoms with Gasteiger partial charge in [-0.25, -0.2) is 0 Å². The molecule has 0 radical (unpaired) electrons. The van der Waals surface area contributed by atoms with Gasteiger partial charge in [0.15, 0.2) is 0 Å². The molecule has 4 heteroatoms. The van der Waals surface area contributed by atoms with Crippen molar-refractivity contribution in [1.29, 1.82) is 0 Å². The first-order valence-corrected chi connectivity index (χ1v) is 7.10. The SMILES string of the molecule is Cc1noc(C)c1CN1C[C@@H](N)[C@H](c2ccccc2)C1. The fraction of sp³-hybridized carbons (Fsp3) is 0.438. The number of hydrogen-bond donors (Lipinski definition) is 1. The molecule has 0 aliphatic carbocycles. The number of aryl methyl sites for hydroxylation is 2. The molecule has 0 bridgehead atoms. The molecule has 1 aliphatic heterocycles. The molecule has 20 heavy (non-hydrogen) atoms. The number of rotatable bonds is 3. The van der Waals surface area contributed by atoms with E-state index in [1.165, 1.54) is 11.1 Å². The molecule has 2 aromatic rings. The van der Waals surface area contributed by atoms with Gasteiger partial charge >= 0.3 is 0 Å². The Hall–Kier alpha value is -1.65. The van der Waals surface area contributed by atoms with Crippen molar-refractivity contribution in [3.8, 4) is 0 Å². The highest BCUT2D eigenvalue weighted by Crippen LogP contribution is 2.28. The summed E-state index contributed by atoms with van der Waals surface area (Å²) in [5.74, 6) is 1.33. The average Bonchev–Trinajstić information content (AvgIpc) is 2.97. The van der Waals surface area contributed by atoms with Crippen molar-refractivity contribution in [1.82, 2.24) is 10.1 Å². The molecule has 4 nitrogen and oxygen atoms in total. The maximum Gasteiger partial charge on any atom is 0.138 e. The van der Waals surface area contributed by atoms with Gasteiger partial charge in [0.05, 0.1) is 5.69 Å². The summed E-state index contributed by atoms with van der Waals surface area (Å²) in [5, 5.41) is 4.02. The van der Waals surface area contributed by atoms with Crippen LogP contribution in [0.3, 0.4) is 0 Å². The number of nitrogens with zero attached hydrogens (tertiary/aromatic N) is 2. The summed E-state index contributed by atoms with van der Waals surface area (Å²) in [4.78, 5) is 2.40.